The number of piperazine rings is 1. The third-order valence-corrected chi connectivity index (χ3v) is 6.18. The van der Waals surface area contributed by atoms with Crippen LogP contribution in [0.25, 0.3) is 16.7 Å². The highest BCUT2D eigenvalue weighted by atomic mass is 19.4. The number of anilines is 1. The molecule has 2 aromatic heterocycles. The van der Waals surface area contributed by atoms with Crippen LogP contribution in [-0.4, -0.2) is 66.0 Å². The molecule has 3 aromatic rings. The monoisotopic (exact) mass is 525 g/mol. The highest BCUT2D eigenvalue weighted by molar-refractivity contribution is 5.97. The average Bonchev–Trinajstić information content (AvgIpc) is 2.87. The minimum Gasteiger partial charge on any atom is -0.354 e. The maximum atomic E-state index is 14.8. The highest BCUT2D eigenvalue weighted by Crippen LogP contribution is 2.25. The molecule has 37 heavy (non-hydrogen) atoms. The number of nitrogens with zero attached hydrogens (tertiary/aromatic N) is 4. The van der Waals surface area contributed by atoms with Crippen molar-refractivity contribution in [3.05, 3.63) is 63.9 Å². The zero-order valence-electron chi connectivity index (χ0n) is 20.0. The quantitative estimate of drug-likeness (QED) is 0.497. The second-order valence-electron chi connectivity index (χ2n) is 8.45. The molecule has 0 spiro atoms. The predicted molar refractivity (Wildman–Crippen MR) is 126 cm³/mol. The number of fused-ring (bicyclic) bond motifs is 1. The van der Waals surface area contributed by atoms with Crippen molar-refractivity contribution in [1.82, 2.24) is 19.9 Å². The first-order chi connectivity index (χ1) is 17.5. The Labute approximate surface area is 208 Å². The van der Waals surface area contributed by atoms with Gasteiger partial charge in [0.25, 0.3) is 5.91 Å². The van der Waals surface area contributed by atoms with Gasteiger partial charge in [-0.2, -0.15) is 18.2 Å². The van der Waals surface area contributed by atoms with E-state index in [0.29, 0.717) is 38.1 Å². The Bertz CT molecular complexity index is 1370. The molecule has 0 bridgehead atoms. The van der Waals surface area contributed by atoms with Gasteiger partial charge in [0, 0.05) is 38.4 Å². The van der Waals surface area contributed by atoms with Gasteiger partial charge in [0.2, 0.25) is 5.43 Å². The van der Waals surface area contributed by atoms with Crippen LogP contribution >= 0.6 is 0 Å². The van der Waals surface area contributed by atoms with E-state index in [0.717, 1.165) is 22.9 Å². The summed E-state index contributed by atoms with van der Waals surface area (Å²) in [5, 5.41) is 3.47. The summed E-state index contributed by atoms with van der Waals surface area (Å²) >= 11 is 0. The van der Waals surface area contributed by atoms with E-state index in [1.807, 2.05) is 10.2 Å². The largest absolute Gasteiger partial charge is 0.408 e. The number of amides is 1. The number of carbonyl (C=O) groups is 1. The minimum atomic E-state index is -4.73. The van der Waals surface area contributed by atoms with Crippen molar-refractivity contribution in [2.75, 3.05) is 38.2 Å². The number of alkyl halides is 3. The lowest BCUT2D eigenvalue weighted by molar-refractivity contribution is -0.153. The zero-order chi connectivity index (χ0) is 26.9. The van der Waals surface area contributed by atoms with Gasteiger partial charge in [0.15, 0.2) is 5.65 Å². The summed E-state index contributed by atoms with van der Waals surface area (Å²) in [7, 11) is 1.56. The van der Waals surface area contributed by atoms with E-state index in [9.17, 15) is 31.5 Å². The van der Waals surface area contributed by atoms with Gasteiger partial charge in [0.1, 0.15) is 29.1 Å². The highest BCUT2D eigenvalue weighted by Gasteiger charge is 2.39. The summed E-state index contributed by atoms with van der Waals surface area (Å²) in [6, 6.07) is 3.43. The molecule has 1 fully saturated rings. The van der Waals surface area contributed by atoms with Crippen molar-refractivity contribution in [2.45, 2.75) is 25.6 Å². The molecule has 1 aliphatic heterocycles. The fraction of sp³-hybridized carbons (Fsp3) is 0.375. The molecule has 0 saturated carbocycles. The normalized spacial score (nSPS) is 15.7. The van der Waals surface area contributed by atoms with Gasteiger partial charge in [-0.25, -0.2) is 13.8 Å². The first-order valence-corrected chi connectivity index (χ1v) is 11.5. The van der Waals surface area contributed by atoms with Gasteiger partial charge in [-0.15, -0.1) is 0 Å². The van der Waals surface area contributed by atoms with Crippen molar-refractivity contribution in [2.24, 2.45) is 0 Å². The first kappa shape index (κ1) is 26.5. The van der Waals surface area contributed by atoms with Crippen molar-refractivity contribution in [1.29, 1.82) is 0 Å². The Morgan fingerprint density at radius 1 is 1.14 bits per heavy atom. The van der Waals surface area contributed by atoms with Crippen molar-refractivity contribution < 1.29 is 31.6 Å². The molecule has 198 valence electrons. The lowest BCUT2D eigenvalue weighted by Crippen LogP contribution is -2.46. The number of aromatic nitrogens is 2. The predicted octanol–water partition coefficient (Wildman–Crippen LogP) is 3.42. The zero-order valence-corrected chi connectivity index (χ0v) is 20.0. The fourth-order valence-corrected chi connectivity index (χ4v) is 4.14. The van der Waals surface area contributed by atoms with Crippen LogP contribution in [0, 0.1) is 11.6 Å². The van der Waals surface area contributed by atoms with Crippen molar-refractivity contribution in [3.63, 3.8) is 0 Å². The third kappa shape index (κ3) is 5.42. The van der Waals surface area contributed by atoms with E-state index in [2.05, 4.69) is 4.98 Å². The number of hydrogen-bond donors (Lipinski definition) is 1. The van der Waals surface area contributed by atoms with Gasteiger partial charge < -0.3 is 15.1 Å². The summed E-state index contributed by atoms with van der Waals surface area (Å²) in [4.78, 5) is 37.6. The first-order valence-electron chi connectivity index (χ1n) is 11.5. The van der Waals surface area contributed by atoms with E-state index >= 15 is 0 Å². The van der Waals surface area contributed by atoms with Gasteiger partial charge in [-0.3, -0.25) is 14.2 Å². The number of nitrogens with one attached hydrogen (secondary N) is 1. The van der Waals surface area contributed by atoms with Crippen LogP contribution in [0.1, 0.15) is 23.7 Å². The number of benzene rings is 1. The van der Waals surface area contributed by atoms with E-state index < -0.39 is 47.2 Å². The third-order valence-electron chi connectivity index (χ3n) is 6.18. The van der Waals surface area contributed by atoms with Crippen LogP contribution < -0.4 is 15.6 Å². The molecule has 3 heterocycles. The summed E-state index contributed by atoms with van der Waals surface area (Å²) in [6.07, 6.45) is -4.25. The molecule has 1 atom stereocenters. The average molecular weight is 525 g/mol. The molecule has 1 amide bonds. The van der Waals surface area contributed by atoms with Crippen LogP contribution in [0.2, 0.25) is 0 Å². The molecule has 0 radical (unpaired) electrons. The van der Waals surface area contributed by atoms with Gasteiger partial charge in [0.05, 0.1) is 18.2 Å². The smallest absolute Gasteiger partial charge is 0.354 e. The van der Waals surface area contributed by atoms with E-state index in [1.54, 1.807) is 18.2 Å². The number of hydroxylamine groups is 2. The second-order valence-corrected chi connectivity index (χ2v) is 8.45. The van der Waals surface area contributed by atoms with Crippen LogP contribution in [0.5, 0.6) is 0 Å². The summed E-state index contributed by atoms with van der Waals surface area (Å²) in [5.41, 5.74) is -1.78. The van der Waals surface area contributed by atoms with Crippen LogP contribution in [0.4, 0.5) is 27.8 Å². The van der Waals surface area contributed by atoms with Gasteiger partial charge in [-0.1, -0.05) is 6.92 Å². The molecular weight excluding hydrogens is 501 g/mol. The lowest BCUT2D eigenvalue weighted by atomic mass is 10.1. The number of carbonyl (C=O) groups excluding carboxylic acids is 1. The standard InChI is InChI=1S/C24H24F5N5O3/c1-3-19(24(27,28)29)30-23(36)16-13-34(18-6-4-14(25)12-17(18)26)22-15(21(16)35)5-7-20(31-22)32-8-10-33(37-2)11-9-32/h4-7,12-13,19H,3,8-11H2,1-2H3,(H,30,36). The topological polar surface area (TPSA) is 79.7 Å². The minimum absolute atomic E-state index is 0.0402. The second kappa shape index (κ2) is 10.4. The van der Waals surface area contributed by atoms with Crippen molar-refractivity contribution in [3.8, 4) is 5.69 Å². The number of hydrogen-bond acceptors (Lipinski definition) is 6. The Balaban J connectivity index is 1.86. The van der Waals surface area contributed by atoms with E-state index in [4.69, 9.17) is 4.84 Å². The molecule has 0 aliphatic carbocycles. The SMILES string of the molecule is CCC(NC(=O)c1cn(-c2ccc(F)cc2F)c2nc(N3CCN(OC)CC3)ccc2c1=O)C(F)(F)F. The molecule has 1 unspecified atom stereocenters. The van der Waals surface area contributed by atoms with Crippen LogP contribution in [-0.2, 0) is 4.84 Å². The molecule has 8 nitrogen and oxygen atoms in total. The molecule has 1 N–H and O–H groups in total. The van der Waals surface area contributed by atoms with E-state index in [1.165, 1.54) is 13.0 Å². The van der Waals surface area contributed by atoms with E-state index in [-0.39, 0.29) is 16.7 Å². The fourth-order valence-electron chi connectivity index (χ4n) is 4.14. The molecule has 13 heteroatoms. The Kier molecular flexibility index (Phi) is 7.46. The maximum Gasteiger partial charge on any atom is 0.408 e. The number of rotatable bonds is 6. The molecule has 4 rings (SSSR count). The summed E-state index contributed by atoms with van der Waals surface area (Å²) in [6.45, 7) is 3.47. The van der Waals surface area contributed by atoms with Crippen LogP contribution in [0.3, 0.4) is 0 Å². The maximum absolute atomic E-state index is 14.8. The van der Waals surface area contributed by atoms with Gasteiger partial charge >= 0.3 is 6.18 Å². The molecule has 1 aliphatic rings. The Hall–Kier alpha value is -3.58. The number of pyridine rings is 2. The van der Waals surface area contributed by atoms with Crippen LogP contribution in [0.15, 0.2) is 41.3 Å². The summed E-state index contributed by atoms with van der Waals surface area (Å²) < 4.78 is 69.2. The molecular formula is C24H24F5N5O3. The Morgan fingerprint density at radius 3 is 2.43 bits per heavy atom. The summed E-state index contributed by atoms with van der Waals surface area (Å²) in [5.74, 6) is -2.68. The van der Waals surface area contributed by atoms with Gasteiger partial charge in [-0.05, 0) is 30.7 Å². The molecule has 1 aromatic carbocycles. The Morgan fingerprint density at radius 2 is 1.84 bits per heavy atom. The lowest BCUT2D eigenvalue weighted by Gasteiger charge is -2.33. The molecule has 1 saturated heterocycles. The number of halogens is 5. The van der Waals surface area contributed by atoms with Crippen molar-refractivity contribution >= 4 is 22.8 Å².